The fourth-order valence-corrected chi connectivity index (χ4v) is 3.80. The summed E-state index contributed by atoms with van der Waals surface area (Å²) in [5.74, 6) is -0.320. The minimum absolute atomic E-state index is 0.000139. The van der Waals surface area contributed by atoms with E-state index < -0.39 is 24.4 Å². The van der Waals surface area contributed by atoms with E-state index in [1.54, 1.807) is 42.5 Å². The molecule has 2 heterocycles. The highest BCUT2D eigenvalue weighted by Crippen LogP contribution is 2.34. The maximum absolute atomic E-state index is 12.7. The molecule has 0 spiro atoms. The number of nitrogens with zero attached hydrogens (tertiary/aromatic N) is 1. The Bertz CT molecular complexity index is 1280. The molecule has 0 radical (unpaired) electrons. The van der Waals surface area contributed by atoms with Gasteiger partial charge in [-0.3, -0.25) is 9.59 Å². The predicted octanol–water partition coefficient (Wildman–Crippen LogP) is 5.35. The van der Waals surface area contributed by atoms with Crippen molar-refractivity contribution in [3.63, 3.8) is 0 Å². The van der Waals surface area contributed by atoms with Crippen LogP contribution in [0.5, 0.6) is 0 Å². The molecule has 1 fully saturated rings. The fraction of sp³-hybridized carbons (Fsp3) is 0.125. The first kappa shape index (κ1) is 22.6. The normalized spacial score (nSPS) is 14.6. The smallest absolute Gasteiger partial charge is 0.329 e. The van der Waals surface area contributed by atoms with Crippen molar-refractivity contribution in [1.29, 1.82) is 0 Å². The van der Waals surface area contributed by atoms with E-state index in [1.165, 1.54) is 6.08 Å². The molecule has 33 heavy (non-hydrogen) atoms. The molecule has 9 heteroatoms. The number of urea groups is 1. The number of anilines is 1. The number of nitrogens with one attached hydrogen (secondary N) is 2. The molecule has 3 aromatic rings. The third-order valence-electron chi connectivity index (χ3n) is 5.07. The van der Waals surface area contributed by atoms with Crippen LogP contribution in [0.4, 0.5) is 10.5 Å². The molecule has 0 aliphatic carbocycles. The van der Waals surface area contributed by atoms with Crippen molar-refractivity contribution in [2.75, 3.05) is 11.9 Å². The number of carbonyl (C=O) groups is 3. The summed E-state index contributed by atoms with van der Waals surface area (Å²) in [6.07, 6.45) is 2.13. The summed E-state index contributed by atoms with van der Waals surface area (Å²) in [6.45, 7) is 1.56. The minimum atomic E-state index is -0.685. The molecule has 4 rings (SSSR count). The van der Waals surface area contributed by atoms with E-state index in [9.17, 15) is 14.4 Å². The molecule has 168 valence electrons. The number of carbonyl (C=O) groups excluding carboxylic acids is 3. The SMILES string of the molecule is CCc1ccccc1NC(=O)CN1C(=O)N/C(=C\c2ccc(-c3cccc(Cl)c3Cl)o2)C1=O. The topological polar surface area (TPSA) is 91.7 Å². The molecule has 0 unspecified atom stereocenters. The van der Waals surface area contributed by atoms with Gasteiger partial charge < -0.3 is 15.1 Å². The molecule has 1 aromatic heterocycles. The molecule has 4 amide bonds. The van der Waals surface area contributed by atoms with Gasteiger partial charge in [-0.2, -0.15) is 0 Å². The van der Waals surface area contributed by atoms with Gasteiger partial charge in [-0.25, -0.2) is 9.69 Å². The van der Waals surface area contributed by atoms with Crippen LogP contribution in [0.2, 0.25) is 10.0 Å². The average molecular weight is 484 g/mol. The number of benzene rings is 2. The third-order valence-corrected chi connectivity index (χ3v) is 5.89. The predicted molar refractivity (Wildman–Crippen MR) is 127 cm³/mol. The Labute approximate surface area is 200 Å². The first-order chi connectivity index (χ1) is 15.9. The molecule has 1 saturated heterocycles. The summed E-state index contributed by atoms with van der Waals surface area (Å²) in [5.41, 5.74) is 2.20. The van der Waals surface area contributed by atoms with E-state index in [-0.39, 0.29) is 5.70 Å². The van der Waals surface area contributed by atoms with Gasteiger partial charge in [0.1, 0.15) is 23.8 Å². The largest absolute Gasteiger partial charge is 0.457 e. The van der Waals surface area contributed by atoms with Crippen LogP contribution in [0.3, 0.4) is 0 Å². The van der Waals surface area contributed by atoms with Crippen LogP contribution in [0.15, 0.2) is 64.7 Å². The zero-order valence-corrected chi connectivity index (χ0v) is 19.0. The Balaban J connectivity index is 1.47. The minimum Gasteiger partial charge on any atom is -0.457 e. The van der Waals surface area contributed by atoms with Gasteiger partial charge in [-0.1, -0.05) is 54.4 Å². The number of para-hydroxylation sites is 1. The maximum atomic E-state index is 12.7. The molecule has 0 atom stereocenters. The summed E-state index contributed by atoms with van der Waals surface area (Å²) in [7, 11) is 0. The second-order valence-corrected chi connectivity index (χ2v) is 8.03. The van der Waals surface area contributed by atoms with Gasteiger partial charge in [-0.15, -0.1) is 0 Å². The molecule has 1 aliphatic rings. The molecule has 7 nitrogen and oxygen atoms in total. The Morgan fingerprint density at radius 3 is 2.67 bits per heavy atom. The molecule has 1 aliphatic heterocycles. The molecule has 2 N–H and O–H groups in total. The van der Waals surface area contributed by atoms with Crippen molar-refractivity contribution in [3.05, 3.63) is 81.7 Å². The standard InChI is InChI=1S/C24H19Cl2N3O4/c1-2-14-6-3-4-9-18(14)27-21(30)13-29-23(31)19(28-24(29)32)12-15-10-11-20(33-15)16-7-5-8-17(25)22(16)26/h3-12H,2,13H2,1H3,(H,27,30)(H,28,32)/b19-12-. The van der Waals surface area contributed by atoms with Crippen LogP contribution in [0.1, 0.15) is 18.2 Å². The highest BCUT2D eigenvalue weighted by molar-refractivity contribution is 6.43. The van der Waals surface area contributed by atoms with E-state index in [1.807, 2.05) is 19.1 Å². The van der Waals surface area contributed by atoms with E-state index in [2.05, 4.69) is 10.6 Å². The molecule has 0 bridgehead atoms. The lowest BCUT2D eigenvalue weighted by atomic mass is 10.1. The van der Waals surface area contributed by atoms with Gasteiger partial charge in [0.2, 0.25) is 5.91 Å². The monoisotopic (exact) mass is 483 g/mol. The van der Waals surface area contributed by atoms with Crippen molar-refractivity contribution < 1.29 is 18.8 Å². The highest BCUT2D eigenvalue weighted by atomic mass is 35.5. The van der Waals surface area contributed by atoms with Gasteiger partial charge in [0.15, 0.2) is 0 Å². The molecule has 0 saturated carbocycles. The van der Waals surface area contributed by atoms with Gasteiger partial charge in [0.05, 0.1) is 10.0 Å². The second-order valence-electron chi connectivity index (χ2n) is 7.24. The van der Waals surface area contributed by atoms with Gasteiger partial charge >= 0.3 is 6.03 Å². The summed E-state index contributed by atoms with van der Waals surface area (Å²) in [6, 6.07) is 15.1. The number of rotatable bonds is 6. The van der Waals surface area contributed by atoms with E-state index >= 15 is 0 Å². The van der Waals surface area contributed by atoms with Crippen molar-refractivity contribution in [2.24, 2.45) is 0 Å². The van der Waals surface area contributed by atoms with Crippen molar-refractivity contribution in [2.45, 2.75) is 13.3 Å². The quantitative estimate of drug-likeness (QED) is 0.365. The number of imide groups is 1. The van der Waals surface area contributed by atoms with Crippen LogP contribution in [0, 0.1) is 0 Å². The molecule has 2 aromatic carbocycles. The number of aryl methyl sites for hydroxylation is 1. The lowest BCUT2D eigenvalue weighted by Gasteiger charge is -2.13. The van der Waals surface area contributed by atoms with Crippen LogP contribution < -0.4 is 10.6 Å². The van der Waals surface area contributed by atoms with Crippen LogP contribution in [-0.4, -0.2) is 29.3 Å². The Morgan fingerprint density at radius 2 is 1.88 bits per heavy atom. The number of amides is 4. The van der Waals surface area contributed by atoms with Gasteiger partial charge in [0.25, 0.3) is 5.91 Å². The van der Waals surface area contributed by atoms with Gasteiger partial charge in [-0.05, 0) is 42.3 Å². The van der Waals surface area contributed by atoms with Gasteiger partial charge in [0, 0.05) is 17.3 Å². The zero-order chi connectivity index (χ0) is 23.5. The van der Waals surface area contributed by atoms with Crippen molar-refractivity contribution in [1.82, 2.24) is 10.2 Å². The van der Waals surface area contributed by atoms with E-state index in [4.69, 9.17) is 27.6 Å². The number of halogens is 2. The lowest BCUT2D eigenvalue weighted by Crippen LogP contribution is -2.38. The first-order valence-electron chi connectivity index (χ1n) is 10.1. The van der Waals surface area contributed by atoms with Crippen LogP contribution in [-0.2, 0) is 16.0 Å². The Morgan fingerprint density at radius 1 is 1.09 bits per heavy atom. The Kier molecular flexibility index (Phi) is 6.53. The summed E-state index contributed by atoms with van der Waals surface area (Å²) in [5, 5.41) is 5.96. The number of hydrogen-bond acceptors (Lipinski definition) is 4. The summed E-state index contributed by atoms with van der Waals surface area (Å²) < 4.78 is 5.75. The average Bonchev–Trinajstić information content (AvgIpc) is 3.36. The fourth-order valence-electron chi connectivity index (χ4n) is 3.41. The first-order valence-corrected chi connectivity index (χ1v) is 10.9. The van der Waals surface area contributed by atoms with E-state index in [0.29, 0.717) is 32.8 Å². The van der Waals surface area contributed by atoms with Crippen molar-refractivity contribution >= 4 is 52.8 Å². The highest BCUT2D eigenvalue weighted by Gasteiger charge is 2.35. The van der Waals surface area contributed by atoms with Crippen molar-refractivity contribution in [3.8, 4) is 11.3 Å². The van der Waals surface area contributed by atoms with E-state index in [0.717, 1.165) is 16.9 Å². The molecular weight excluding hydrogens is 465 g/mol. The third kappa shape index (κ3) is 4.79. The summed E-state index contributed by atoms with van der Waals surface area (Å²) in [4.78, 5) is 38.3. The van der Waals surface area contributed by atoms with Crippen LogP contribution >= 0.6 is 23.2 Å². The Hall–Kier alpha value is -3.55. The number of furan rings is 1. The lowest BCUT2D eigenvalue weighted by molar-refractivity contribution is -0.127. The van der Waals surface area contributed by atoms with Crippen LogP contribution in [0.25, 0.3) is 17.4 Å². The maximum Gasteiger partial charge on any atom is 0.329 e. The summed E-state index contributed by atoms with van der Waals surface area (Å²) >= 11 is 12.3. The molecular formula is C24H19Cl2N3O4. The zero-order valence-electron chi connectivity index (χ0n) is 17.5. The number of hydrogen-bond donors (Lipinski definition) is 2. The second kappa shape index (κ2) is 9.52.